The van der Waals surface area contributed by atoms with Gasteiger partial charge in [-0.2, -0.15) is 4.68 Å². The number of benzene rings is 1. The summed E-state index contributed by atoms with van der Waals surface area (Å²) >= 11 is 0. The second kappa shape index (κ2) is 6.41. The van der Waals surface area contributed by atoms with Gasteiger partial charge >= 0.3 is 5.69 Å². The highest BCUT2D eigenvalue weighted by molar-refractivity contribution is 5.84. The molecular weight excluding hydrogens is 332 g/mol. The van der Waals surface area contributed by atoms with E-state index in [-0.39, 0.29) is 17.9 Å². The fourth-order valence-corrected chi connectivity index (χ4v) is 3.83. The van der Waals surface area contributed by atoms with Gasteiger partial charge in [-0.1, -0.05) is 0 Å². The van der Waals surface area contributed by atoms with Crippen molar-refractivity contribution in [3.05, 3.63) is 40.3 Å². The van der Waals surface area contributed by atoms with Crippen molar-refractivity contribution in [1.82, 2.24) is 19.1 Å². The van der Waals surface area contributed by atoms with Crippen LogP contribution in [0.3, 0.4) is 0 Å². The number of rotatable bonds is 3. The van der Waals surface area contributed by atoms with Crippen LogP contribution in [0.2, 0.25) is 0 Å². The smallest absolute Gasteiger partial charge is 0.352 e. The lowest BCUT2D eigenvalue weighted by atomic mass is 10.1. The van der Waals surface area contributed by atoms with E-state index in [9.17, 15) is 4.79 Å². The maximum Gasteiger partial charge on any atom is 0.352 e. The second-order valence-electron chi connectivity index (χ2n) is 7.13. The molecule has 3 aromatic rings. The number of aromatic nitrogens is 3. The summed E-state index contributed by atoms with van der Waals surface area (Å²) < 4.78 is 14.3. The van der Waals surface area contributed by atoms with Crippen LogP contribution < -0.4 is 10.4 Å². The molecule has 2 aromatic heterocycles. The first-order valence-electron chi connectivity index (χ1n) is 8.91. The van der Waals surface area contributed by atoms with E-state index in [0.29, 0.717) is 12.3 Å². The van der Waals surface area contributed by atoms with Crippen molar-refractivity contribution in [3.63, 3.8) is 0 Å². The zero-order chi connectivity index (χ0) is 18.4. The molecule has 1 aromatic carbocycles. The second-order valence-corrected chi connectivity index (χ2v) is 7.13. The predicted octanol–water partition coefficient (Wildman–Crippen LogP) is 2.03. The predicted molar refractivity (Wildman–Crippen MR) is 99.8 cm³/mol. The van der Waals surface area contributed by atoms with Gasteiger partial charge in [-0.3, -0.25) is 4.90 Å². The summed E-state index contributed by atoms with van der Waals surface area (Å²) in [6.07, 6.45) is 0.302. The molecule has 1 fully saturated rings. The maximum absolute atomic E-state index is 13.1. The average molecular weight is 356 g/mol. The van der Waals surface area contributed by atoms with Gasteiger partial charge in [0.1, 0.15) is 5.75 Å². The fraction of sp³-hybridized carbons (Fsp3) is 0.474. The lowest BCUT2D eigenvalue weighted by molar-refractivity contribution is -0.0778. The molecule has 0 unspecified atom stereocenters. The summed E-state index contributed by atoms with van der Waals surface area (Å²) in [5.74, 6) is 0.720. The molecule has 3 heterocycles. The summed E-state index contributed by atoms with van der Waals surface area (Å²) in [6.45, 7) is 8.13. The summed E-state index contributed by atoms with van der Waals surface area (Å²) in [5, 5.41) is 5.60. The summed E-state index contributed by atoms with van der Waals surface area (Å²) in [6, 6.07) is 7.81. The van der Waals surface area contributed by atoms with E-state index in [1.165, 1.54) is 0 Å². The molecule has 0 amide bonds. The van der Waals surface area contributed by atoms with E-state index in [2.05, 4.69) is 29.9 Å². The monoisotopic (exact) mass is 356 g/mol. The highest BCUT2D eigenvalue weighted by Crippen LogP contribution is 2.23. The molecule has 1 aliphatic rings. The third kappa shape index (κ3) is 2.87. The number of pyridine rings is 1. The first kappa shape index (κ1) is 17.1. The van der Waals surface area contributed by atoms with Gasteiger partial charge in [-0.25, -0.2) is 9.20 Å². The van der Waals surface area contributed by atoms with Crippen molar-refractivity contribution in [2.24, 2.45) is 0 Å². The van der Waals surface area contributed by atoms with Crippen molar-refractivity contribution >= 4 is 16.6 Å². The minimum atomic E-state index is -0.131. The maximum atomic E-state index is 13.1. The highest BCUT2D eigenvalue weighted by atomic mass is 16.5. The van der Waals surface area contributed by atoms with Gasteiger partial charge in [0.25, 0.3) is 0 Å². The number of methoxy groups -OCH3 is 1. The lowest BCUT2D eigenvalue weighted by Gasteiger charge is -2.34. The molecule has 0 spiro atoms. The van der Waals surface area contributed by atoms with Crippen LogP contribution in [0.25, 0.3) is 16.6 Å². The minimum absolute atomic E-state index is 0.131. The van der Waals surface area contributed by atoms with Crippen molar-refractivity contribution in [2.75, 3.05) is 20.2 Å². The number of hydrogen-bond acceptors (Lipinski definition) is 5. The van der Waals surface area contributed by atoms with E-state index in [4.69, 9.17) is 9.47 Å². The molecule has 1 aliphatic heterocycles. The van der Waals surface area contributed by atoms with E-state index < -0.39 is 0 Å². The number of fused-ring (bicyclic) bond motifs is 3. The Morgan fingerprint density at radius 3 is 2.65 bits per heavy atom. The summed E-state index contributed by atoms with van der Waals surface area (Å²) in [5.41, 5.74) is 2.34. The van der Waals surface area contributed by atoms with Crippen molar-refractivity contribution < 1.29 is 9.47 Å². The third-order valence-electron chi connectivity index (χ3n) is 4.87. The first-order chi connectivity index (χ1) is 12.5. The fourth-order valence-electron chi connectivity index (χ4n) is 3.83. The molecule has 1 saturated heterocycles. The Labute approximate surface area is 151 Å². The third-order valence-corrected chi connectivity index (χ3v) is 4.87. The van der Waals surface area contributed by atoms with Crippen LogP contribution in [0, 0.1) is 6.92 Å². The Bertz CT molecular complexity index is 1010. The molecule has 0 saturated carbocycles. The average Bonchev–Trinajstić information content (AvgIpc) is 2.91. The van der Waals surface area contributed by atoms with Gasteiger partial charge in [0.15, 0.2) is 5.65 Å². The van der Waals surface area contributed by atoms with E-state index in [1.54, 1.807) is 16.2 Å². The zero-order valence-corrected chi connectivity index (χ0v) is 15.6. The SMILES string of the molecule is COc1ccc2cc(C)c3nn(CN4C[C@H](C)O[C@@H](C)C4)c(=O)n3c2c1. The molecule has 7 nitrogen and oxygen atoms in total. The Morgan fingerprint density at radius 2 is 1.96 bits per heavy atom. The van der Waals surface area contributed by atoms with Crippen LogP contribution in [0.15, 0.2) is 29.1 Å². The first-order valence-corrected chi connectivity index (χ1v) is 8.91. The van der Waals surface area contributed by atoms with Gasteiger partial charge in [0.05, 0.1) is 31.5 Å². The Hall–Kier alpha value is -2.38. The molecule has 2 atom stereocenters. The highest BCUT2D eigenvalue weighted by Gasteiger charge is 2.23. The van der Waals surface area contributed by atoms with Crippen LogP contribution in [-0.2, 0) is 11.4 Å². The molecule has 26 heavy (non-hydrogen) atoms. The molecule has 4 rings (SSSR count). The van der Waals surface area contributed by atoms with Crippen LogP contribution in [0.1, 0.15) is 19.4 Å². The van der Waals surface area contributed by atoms with Gasteiger partial charge in [0.2, 0.25) is 0 Å². The Morgan fingerprint density at radius 1 is 1.23 bits per heavy atom. The van der Waals surface area contributed by atoms with Gasteiger partial charge in [0, 0.05) is 19.2 Å². The molecule has 0 aliphatic carbocycles. The van der Waals surface area contributed by atoms with E-state index >= 15 is 0 Å². The number of morpholine rings is 1. The van der Waals surface area contributed by atoms with Crippen molar-refractivity contribution in [3.8, 4) is 5.75 Å². The lowest BCUT2D eigenvalue weighted by Crippen LogP contribution is -2.47. The number of ether oxygens (including phenoxy) is 2. The van der Waals surface area contributed by atoms with Crippen LogP contribution in [0.4, 0.5) is 0 Å². The Balaban J connectivity index is 1.82. The standard InChI is InChI=1S/C19H24N4O3/c1-12-7-15-5-6-16(25-4)8-17(15)23-18(12)20-22(19(23)24)11-21-9-13(2)26-14(3)10-21/h5-8,13-14H,9-11H2,1-4H3/t13-,14-/m0/s1. The Kier molecular flexibility index (Phi) is 4.20. The molecular formula is C19H24N4O3. The van der Waals surface area contributed by atoms with Gasteiger partial charge < -0.3 is 9.47 Å². The molecule has 7 heteroatoms. The topological polar surface area (TPSA) is 61.0 Å². The number of hydrogen-bond donors (Lipinski definition) is 0. The molecule has 0 N–H and O–H groups in total. The number of nitrogens with zero attached hydrogens (tertiary/aromatic N) is 4. The molecule has 0 bridgehead atoms. The van der Waals surface area contributed by atoms with Crippen LogP contribution in [-0.4, -0.2) is 51.5 Å². The number of aryl methyl sites for hydroxylation is 1. The van der Waals surface area contributed by atoms with Crippen molar-refractivity contribution in [1.29, 1.82) is 0 Å². The van der Waals surface area contributed by atoms with Gasteiger partial charge in [-0.05, 0) is 49.9 Å². The quantitative estimate of drug-likeness (QED) is 0.719. The summed E-state index contributed by atoms with van der Waals surface area (Å²) in [4.78, 5) is 15.3. The summed E-state index contributed by atoms with van der Waals surface area (Å²) in [7, 11) is 1.62. The van der Waals surface area contributed by atoms with Crippen molar-refractivity contribution in [2.45, 2.75) is 39.6 Å². The van der Waals surface area contributed by atoms with E-state index in [1.807, 2.05) is 25.1 Å². The van der Waals surface area contributed by atoms with E-state index in [0.717, 1.165) is 35.3 Å². The largest absolute Gasteiger partial charge is 0.497 e. The minimum Gasteiger partial charge on any atom is -0.497 e. The van der Waals surface area contributed by atoms with Crippen LogP contribution >= 0.6 is 0 Å². The van der Waals surface area contributed by atoms with Crippen LogP contribution in [0.5, 0.6) is 5.75 Å². The molecule has 0 radical (unpaired) electrons. The normalized spacial score (nSPS) is 21.5. The van der Waals surface area contributed by atoms with Gasteiger partial charge in [-0.15, -0.1) is 5.10 Å². The molecule has 138 valence electrons. The zero-order valence-electron chi connectivity index (χ0n) is 15.6.